The quantitative estimate of drug-likeness (QED) is 0.411. The van der Waals surface area contributed by atoms with Gasteiger partial charge in [-0.05, 0) is 36.5 Å². The van der Waals surface area contributed by atoms with Gasteiger partial charge in [-0.3, -0.25) is 4.99 Å². The number of methoxy groups -OCH3 is 1. The maximum Gasteiger partial charge on any atom is 0.188 e. The molecule has 3 N–H and O–H groups in total. The third-order valence-corrected chi connectivity index (χ3v) is 4.49. The predicted octanol–water partition coefficient (Wildman–Crippen LogP) is 3.69. The molecule has 130 valence electrons. The van der Waals surface area contributed by atoms with Crippen LogP contribution in [0.5, 0.6) is 5.75 Å². The summed E-state index contributed by atoms with van der Waals surface area (Å²) in [4.78, 5) is 4.62. The first kappa shape index (κ1) is 20.1. The second-order valence-corrected chi connectivity index (χ2v) is 6.70. The number of benzene rings is 1. The van der Waals surface area contributed by atoms with E-state index in [0.29, 0.717) is 11.9 Å². The Morgan fingerprint density at radius 2 is 2.04 bits per heavy atom. The zero-order valence-corrected chi connectivity index (χ0v) is 16.8. The van der Waals surface area contributed by atoms with Crippen molar-refractivity contribution < 1.29 is 4.74 Å². The highest BCUT2D eigenvalue weighted by Crippen LogP contribution is 2.42. The van der Waals surface area contributed by atoms with Crippen LogP contribution in [0.2, 0.25) is 0 Å². The maximum atomic E-state index is 6.01. The molecule has 1 saturated carbocycles. The van der Waals surface area contributed by atoms with Crippen LogP contribution in [0.25, 0.3) is 0 Å². The summed E-state index contributed by atoms with van der Waals surface area (Å²) in [5.41, 5.74) is 7.44. The summed E-state index contributed by atoms with van der Waals surface area (Å²) < 4.78 is 5.38. The van der Waals surface area contributed by atoms with Crippen LogP contribution in [0.15, 0.2) is 29.3 Å². The van der Waals surface area contributed by atoms with Crippen molar-refractivity contribution in [2.75, 3.05) is 20.2 Å². The molecule has 4 nitrogen and oxygen atoms in total. The van der Waals surface area contributed by atoms with Gasteiger partial charge in [-0.2, -0.15) is 0 Å². The van der Waals surface area contributed by atoms with Gasteiger partial charge in [0.25, 0.3) is 0 Å². The fourth-order valence-electron chi connectivity index (χ4n) is 3.14. The molecule has 1 aromatic rings. The lowest BCUT2D eigenvalue weighted by Crippen LogP contribution is -2.36. The normalized spacial score (nSPS) is 17.0. The van der Waals surface area contributed by atoms with E-state index in [-0.39, 0.29) is 29.4 Å². The second-order valence-electron chi connectivity index (χ2n) is 6.70. The summed E-state index contributed by atoms with van der Waals surface area (Å²) in [7, 11) is 1.71. The summed E-state index contributed by atoms with van der Waals surface area (Å²) in [5, 5.41) is 3.20. The van der Waals surface area contributed by atoms with Crippen LogP contribution < -0.4 is 15.8 Å². The van der Waals surface area contributed by atoms with Crippen LogP contribution in [-0.2, 0) is 5.41 Å². The Morgan fingerprint density at radius 3 is 2.65 bits per heavy atom. The lowest BCUT2D eigenvalue weighted by Gasteiger charge is -2.28. The maximum absolute atomic E-state index is 6.01. The average molecular weight is 431 g/mol. The van der Waals surface area contributed by atoms with E-state index in [1.54, 1.807) is 7.11 Å². The van der Waals surface area contributed by atoms with E-state index < -0.39 is 0 Å². The fraction of sp³-hybridized carbons (Fsp3) is 0.611. The van der Waals surface area contributed by atoms with Crippen molar-refractivity contribution in [3.63, 3.8) is 0 Å². The van der Waals surface area contributed by atoms with Crippen molar-refractivity contribution >= 4 is 29.9 Å². The van der Waals surface area contributed by atoms with Crippen molar-refractivity contribution in [2.45, 2.75) is 44.9 Å². The number of nitrogens with zero attached hydrogens (tertiary/aromatic N) is 1. The van der Waals surface area contributed by atoms with Crippen LogP contribution in [-0.4, -0.2) is 26.2 Å². The first-order chi connectivity index (χ1) is 10.6. The van der Waals surface area contributed by atoms with Crippen LogP contribution in [0, 0.1) is 5.92 Å². The Morgan fingerprint density at radius 1 is 1.35 bits per heavy atom. The molecule has 0 unspecified atom stereocenters. The Hall–Kier alpha value is -0.980. The monoisotopic (exact) mass is 431 g/mol. The van der Waals surface area contributed by atoms with Crippen molar-refractivity contribution in [2.24, 2.45) is 16.6 Å². The smallest absolute Gasteiger partial charge is 0.188 e. The molecule has 0 spiro atoms. The van der Waals surface area contributed by atoms with Crippen molar-refractivity contribution in [1.82, 2.24) is 5.32 Å². The molecule has 0 atom stereocenters. The largest absolute Gasteiger partial charge is 0.497 e. The number of guanidine groups is 1. The molecule has 23 heavy (non-hydrogen) atoms. The van der Waals surface area contributed by atoms with E-state index in [9.17, 15) is 0 Å². The number of rotatable bonds is 6. The highest BCUT2D eigenvalue weighted by atomic mass is 127. The van der Waals surface area contributed by atoms with Crippen LogP contribution in [0.3, 0.4) is 0 Å². The lowest BCUT2D eigenvalue weighted by atomic mass is 9.79. The van der Waals surface area contributed by atoms with E-state index in [1.807, 2.05) is 6.07 Å². The van der Waals surface area contributed by atoms with Crippen molar-refractivity contribution in [1.29, 1.82) is 0 Å². The summed E-state index contributed by atoms with van der Waals surface area (Å²) in [6, 6.07) is 8.41. The standard InChI is InChI=1S/C18H29N3O.HI/c1-14(2)12-20-17(19)21-13-18(9-4-5-10-18)15-7-6-8-16(11-15)22-3;/h6-8,11,14H,4-5,9-10,12-13H2,1-3H3,(H3,19,20,21);1H. The van der Waals surface area contributed by atoms with Gasteiger partial charge >= 0.3 is 0 Å². The number of halogens is 1. The van der Waals surface area contributed by atoms with Gasteiger partial charge in [-0.15, -0.1) is 24.0 Å². The van der Waals surface area contributed by atoms with Gasteiger partial charge in [0.1, 0.15) is 5.75 Å². The predicted molar refractivity (Wildman–Crippen MR) is 108 cm³/mol. The molecule has 2 rings (SSSR count). The van der Waals surface area contributed by atoms with E-state index in [1.165, 1.54) is 31.2 Å². The Kier molecular flexibility index (Phi) is 8.16. The third-order valence-electron chi connectivity index (χ3n) is 4.49. The molecule has 5 heteroatoms. The number of hydrogen-bond donors (Lipinski definition) is 2. The highest BCUT2D eigenvalue weighted by Gasteiger charge is 2.35. The minimum absolute atomic E-state index is 0. The SMILES string of the molecule is COc1cccc(C2(CN=C(N)NCC(C)C)CCCC2)c1.I. The number of nitrogens with one attached hydrogen (secondary N) is 1. The summed E-state index contributed by atoms with van der Waals surface area (Å²) in [6.07, 6.45) is 4.85. The topological polar surface area (TPSA) is 59.6 Å². The molecule has 1 aromatic carbocycles. The molecular weight excluding hydrogens is 401 g/mol. The molecular formula is C18H30IN3O. The number of aliphatic imine (C=N–C) groups is 1. The molecule has 1 aliphatic rings. The Labute approximate surface area is 157 Å². The zero-order chi connectivity index (χ0) is 16.0. The summed E-state index contributed by atoms with van der Waals surface area (Å²) in [6.45, 7) is 5.93. The molecule has 0 aliphatic heterocycles. The third kappa shape index (κ3) is 5.55. The van der Waals surface area contributed by atoms with E-state index in [2.05, 4.69) is 42.4 Å². The highest BCUT2D eigenvalue weighted by molar-refractivity contribution is 14.0. The number of nitrogens with two attached hydrogens (primary N) is 1. The van der Waals surface area contributed by atoms with Crippen molar-refractivity contribution in [3.8, 4) is 5.75 Å². The fourth-order valence-corrected chi connectivity index (χ4v) is 3.14. The van der Waals surface area contributed by atoms with E-state index in [0.717, 1.165) is 18.8 Å². The molecule has 0 amide bonds. The van der Waals surface area contributed by atoms with Crippen LogP contribution in [0.4, 0.5) is 0 Å². The van der Waals surface area contributed by atoms with Gasteiger partial charge in [0.2, 0.25) is 0 Å². The minimum Gasteiger partial charge on any atom is -0.497 e. The first-order valence-electron chi connectivity index (χ1n) is 8.24. The molecule has 0 radical (unpaired) electrons. The average Bonchev–Trinajstić information content (AvgIpc) is 3.01. The minimum atomic E-state index is 0. The molecule has 0 bridgehead atoms. The Balaban J connectivity index is 0.00000264. The van der Waals surface area contributed by atoms with Gasteiger partial charge in [-0.1, -0.05) is 38.8 Å². The summed E-state index contributed by atoms with van der Waals surface area (Å²) >= 11 is 0. The number of ether oxygens (including phenoxy) is 1. The van der Waals surface area contributed by atoms with Gasteiger partial charge in [0, 0.05) is 12.0 Å². The van der Waals surface area contributed by atoms with Crippen LogP contribution in [0.1, 0.15) is 45.1 Å². The summed E-state index contributed by atoms with van der Waals surface area (Å²) in [5.74, 6) is 2.04. The van der Waals surface area contributed by atoms with Gasteiger partial charge in [0.05, 0.1) is 13.7 Å². The number of hydrogen-bond acceptors (Lipinski definition) is 2. The lowest BCUT2D eigenvalue weighted by molar-refractivity contribution is 0.407. The zero-order valence-electron chi connectivity index (χ0n) is 14.5. The Bertz CT molecular complexity index is 511. The molecule has 0 saturated heterocycles. The van der Waals surface area contributed by atoms with E-state index >= 15 is 0 Å². The van der Waals surface area contributed by atoms with Crippen LogP contribution >= 0.6 is 24.0 Å². The second kappa shape index (κ2) is 9.35. The van der Waals surface area contributed by atoms with Gasteiger partial charge < -0.3 is 15.8 Å². The van der Waals surface area contributed by atoms with Gasteiger partial charge in [-0.25, -0.2) is 0 Å². The molecule has 1 fully saturated rings. The van der Waals surface area contributed by atoms with Crippen molar-refractivity contribution in [3.05, 3.63) is 29.8 Å². The van der Waals surface area contributed by atoms with E-state index in [4.69, 9.17) is 10.5 Å². The molecule has 1 aliphatic carbocycles. The first-order valence-corrected chi connectivity index (χ1v) is 8.24. The molecule has 0 aromatic heterocycles. The van der Waals surface area contributed by atoms with Gasteiger partial charge in [0.15, 0.2) is 5.96 Å². The molecule has 0 heterocycles.